The summed E-state index contributed by atoms with van der Waals surface area (Å²) in [5, 5.41) is 6.72. The number of halogens is 2. The first-order valence-electron chi connectivity index (χ1n) is 8.46. The molecule has 0 spiro atoms. The van der Waals surface area contributed by atoms with Crippen LogP contribution in [0.3, 0.4) is 0 Å². The van der Waals surface area contributed by atoms with Crippen LogP contribution >= 0.6 is 27.5 Å². The molecule has 0 atom stereocenters. The Labute approximate surface area is 161 Å². The second kappa shape index (κ2) is 7.19. The van der Waals surface area contributed by atoms with E-state index in [0.29, 0.717) is 0 Å². The highest BCUT2D eigenvalue weighted by Crippen LogP contribution is 2.29. The Balaban J connectivity index is 1.69. The summed E-state index contributed by atoms with van der Waals surface area (Å²) < 4.78 is 1.14. The predicted octanol–water partition coefficient (Wildman–Crippen LogP) is 5.39. The van der Waals surface area contributed by atoms with Gasteiger partial charge in [-0.1, -0.05) is 70.0 Å². The fraction of sp³-hybridized carbons (Fsp3) is 0.190. The molecule has 1 N–H and O–H groups in total. The molecule has 25 heavy (non-hydrogen) atoms. The molecule has 2 nitrogen and oxygen atoms in total. The first-order chi connectivity index (χ1) is 12.2. The van der Waals surface area contributed by atoms with Gasteiger partial charge in [0.15, 0.2) is 0 Å². The van der Waals surface area contributed by atoms with Crippen LogP contribution in [0.4, 0.5) is 0 Å². The fourth-order valence-corrected chi connectivity index (χ4v) is 4.36. The Bertz CT molecular complexity index is 960. The third kappa shape index (κ3) is 3.31. The van der Waals surface area contributed by atoms with Gasteiger partial charge < -0.3 is 5.32 Å². The molecule has 1 aliphatic rings. The van der Waals surface area contributed by atoms with Crippen LogP contribution in [0.2, 0.25) is 5.02 Å². The van der Waals surface area contributed by atoms with E-state index in [1.807, 2.05) is 12.1 Å². The number of aryl methyl sites for hydroxylation is 1. The van der Waals surface area contributed by atoms with Crippen molar-refractivity contribution in [2.75, 3.05) is 13.1 Å². The van der Waals surface area contributed by atoms with Crippen LogP contribution < -0.4 is 5.32 Å². The van der Waals surface area contributed by atoms with Crippen LogP contribution in [0.5, 0.6) is 0 Å². The van der Waals surface area contributed by atoms with Gasteiger partial charge in [0.05, 0.1) is 6.54 Å². The Kier molecular flexibility index (Phi) is 4.78. The Hall–Kier alpha value is -1.84. The lowest BCUT2D eigenvalue weighted by atomic mass is 9.96. The van der Waals surface area contributed by atoms with Gasteiger partial charge in [-0.15, -0.1) is 0 Å². The highest BCUT2D eigenvalue weighted by Gasteiger charge is 2.15. The van der Waals surface area contributed by atoms with E-state index in [-0.39, 0.29) is 0 Å². The summed E-state index contributed by atoms with van der Waals surface area (Å²) in [5.74, 6) is 0.969. The smallest absolute Gasteiger partial charge is 0.128 e. The monoisotopic (exact) mass is 412 g/mol. The van der Waals surface area contributed by atoms with E-state index in [0.717, 1.165) is 46.8 Å². The summed E-state index contributed by atoms with van der Waals surface area (Å²) in [7, 11) is 0. The van der Waals surface area contributed by atoms with E-state index >= 15 is 0 Å². The molecule has 0 aromatic heterocycles. The topological polar surface area (TPSA) is 24.4 Å². The van der Waals surface area contributed by atoms with Crippen molar-refractivity contribution >= 4 is 44.1 Å². The third-order valence-corrected chi connectivity index (χ3v) is 5.65. The van der Waals surface area contributed by atoms with Gasteiger partial charge in [-0.3, -0.25) is 4.99 Å². The normalized spacial score (nSPS) is 13.8. The second-order valence-electron chi connectivity index (χ2n) is 6.18. The molecule has 0 saturated heterocycles. The molecule has 1 aliphatic heterocycles. The molecule has 3 aromatic carbocycles. The van der Waals surface area contributed by atoms with Crippen molar-refractivity contribution in [1.82, 2.24) is 5.32 Å². The van der Waals surface area contributed by atoms with Gasteiger partial charge in [-0.05, 0) is 46.9 Å². The van der Waals surface area contributed by atoms with Crippen molar-refractivity contribution in [2.45, 2.75) is 12.8 Å². The predicted molar refractivity (Wildman–Crippen MR) is 110 cm³/mol. The van der Waals surface area contributed by atoms with Crippen molar-refractivity contribution < 1.29 is 0 Å². The molecule has 4 heteroatoms. The average molecular weight is 414 g/mol. The van der Waals surface area contributed by atoms with Crippen LogP contribution in [-0.4, -0.2) is 18.9 Å². The first-order valence-corrected chi connectivity index (χ1v) is 9.63. The molecular weight excluding hydrogens is 396 g/mol. The quantitative estimate of drug-likeness (QED) is 0.609. The lowest BCUT2D eigenvalue weighted by Crippen LogP contribution is -2.21. The van der Waals surface area contributed by atoms with Crippen LogP contribution in [0, 0.1) is 0 Å². The number of benzene rings is 3. The highest BCUT2D eigenvalue weighted by molar-refractivity contribution is 9.10. The molecule has 0 amide bonds. The molecule has 0 saturated carbocycles. The van der Waals surface area contributed by atoms with E-state index in [2.05, 4.69) is 68.7 Å². The van der Waals surface area contributed by atoms with Gasteiger partial charge in [-0.25, -0.2) is 0 Å². The zero-order valence-corrected chi connectivity index (χ0v) is 16.1. The third-order valence-electron chi connectivity index (χ3n) is 4.63. The molecule has 4 rings (SSSR count). The van der Waals surface area contributed by atoms with Crippen LogP contribution in [0.25, 0.3) is 10.8 Å². The molecule has 0 unspecified atom stereocenters. The number of hydrogen-bond acceptors (Lipinski definition) is 2. The van der Waals surface area contributed by atoms with Gasteiger partial charge >= 0.3 is 0 Å². The van der Waals surface area contributed by atoms with E-state index in [4.69, 9.17) is 11.6 Å². The zero-order valence-electron chi connectivity index (χ0n) is 13.7. The second-order valence-corrected chi connectivity index (χ2v) is 7.44. The number of amidine groups is 1. The molecule has 0 bridgehead atoms. The summed E-state index contributed by atoms with van der Waals surface area (Å²) in [5.41, 5.74) is 3.63. The van der Waals surface area contributed by atoms with Gasteiger partial charge in [0, 0.05) is 21.6 Å². The largest absolute Gasteiger partial charge is 0.368 e. The number of nitrogens with one attached hydrogen (secondary N) is 1. The standard InChI is InChI=1S/C21H18BrClN2/c22-18-8-2-6-14-4-1-5-15(20(14)18)10-11-16-17(7-3-9-19(16)23)21-24-12-13-25-21/h1-9H,10-13H2,(H,24,25). The number of rotatable bonds is 4. The van der Waals surface area contributed by atoms with E-state index in [9.17, 15) is 0 Å². The molecular formula is C21H18BrClN2. The maximum Gasteiger partial charge on any atom is 0.128 e. The van der Waals surface area contributed by atoms with E-state index in [1.54, 1.807) is 0 Å². The molecule has 0 radical (unpaired) electrons. The van der Waals surface area contributed by atoms with E-state index in [1.165, 1.54) is 21.9 Å². The lowest BCUT2D eigenvalue weighted by molar-refractivity contribution is 0.950. The summed E-state index contributed by atoms with van der Waals surface area (Å²) in [6.07, 6.45) is 1.82. The molecule has 126 valence electrons. The molecule has 1 heterocycles. The van der Waals surface area contributed by atoms with Crippen molar-refractivity contribution in [3.63, 3.8) is 0 Å². The minimum Gasteiger partial charge on any atom is -0.368 e. The summed E-state index contributed by atoms with van der Waals surface area (Å²) in [6, 6.07) is 18.9. The Morgan fingerprint density at radius 3 is 2.60 bits per heavy atom. The van der Waals surface area contributed by atoms with Crippen molar-refractivity contribution in [3.05, 3.63) is 80.8 Å². The van der Waals surface area contributed by atoms with Crippen molar-refractivity contribution in [2.24, 2.45) is 4.99 Å². The zero-order chi connectivity index (χ0) is 17.2. The minimum atomic E-state index is 0.813. The Morgan fingerprint density at radius 1 is 1.00 bits per heavy atom. The molecule has 0 fully saturated rings. The Morgan fingerprint density at radius 2 is 1.80 bits per heavy atom. The summed E-state index contributed by atoms with van der Waals surface area (Å²) >= 11 is 10.2. The van der Waals surface area contributed by atoms with Crippen LogP contribution in [0.1, 0.15) is 16.7 Å². The average Bonchev–Trinajstić information content (AvgIpc) is 3.15. The van der Waals surface area contributed by atoms with Gasteiger partial charge in [0.1, 0.15) is 5.84 Å². The SMILES string of the molecule is Clc1cccc(C2=NCCN2)c1CCc1cccc2cccc(Br)c12. The fourth-order valence-electron chi connectivity index (χ4n) is 3.45. The summed E-state index contributed by atoms with van der Waals surface area (Å²) in [6.45, 7) is 1.73. The van der Waals surface area contributed by atoms with Crippen molar-refractivity contribution in [3.8, 4) is 0 Å². The maximum atomic E-state index is 6.53. The number of aliphatic imine (C=N–C) groups is 1. The number of fused-ring (bicyclic) bond motifs is 1. The molecule has 3 aromatic rings. The highest BCUT2D eigenvalue weighted by atomic mass is 79.9. The van der Waals surface area contributed by atoms with Crippen LogP contribution in [0.15, 0.2) is 64.1 Å². The minimum absolute atomic E-state index is 0.813. The van der Waals surface area contributed by atoms with Gasteiger partial charge in [0.2, 0.25) is 0 Å². The number of nitrogens with zero attached hydrogens (tertiary/aromatic N) is 1. The lowest BCUT2D eigenvalue weighted by Gasteiger charge is -2.13. The van der Waals surface area contributed by atoms with Crippen LogP contribution in [-0.2, 0) is 12.8 Å². The first kappa shape index (κ1) is 16.6. The van der Waals surface area contributed by atoms with E-state index < -0.39 is 0 Å². The summed E-state index contributed by atoms with van der Waals surface area (Å²) in [4.78, 5) is 4.57. The number of hydrogen-bond donors (Lipinski definition) is 1. The van der Waals surface area contributed by atoms with Gasteiger partial charge in [-0.2, -0.15) is 0 Å². The van der Waals surface area contributed by atoms with Gasteiger partial charge in [0.25, 0.3) is 0 Å². The molecule has 0 aliphatic carbocycles. The van der Waals surface area contributed by atoms with Crippen molar-refractivity contribution in [1.29, 1.82) is 0 Å². The maximum absolute atomic E-state index is 6.53.